The third kappa shape index (κ3) is 5.28. The number of ketones is 1. The Balaban J connectivity index is 1.77. The Labute approximate surface area is 217 Å². The minimum atomic E-state index is -0.836. The topological polar surface area (TPSA) is 97.8 Å². The van der Waals surface area contributed by atoms with Gasteiger partial charge in [-0.1, -0.05) is 12.1 Å². The number of methoxy groups -OCH3 is 3. The molecule has 0 spiro atoms. The van der Waals surface area contributed by atoms with Crippen LogP contribution in [-0.4, -0.2) is 87.3 Å². The van der Waals surface area contributed by atoms with E-state index in [0.29, 0.717) is 54.6 Å². The molecular weight excluding hydrogens is 476 g/mol. The van der Waals surface area contributed by atoms with Crippen molar-refractivity contribution in [3.05, 3.63) is 58.7 Å². The SMILES string of the molecule is COc1ccc(/C(O)=C2\C(=O)C(=O)N(CCCN3CCOCC3)[C@H]2c2cccc(OC)c2OC)cc1C. The Morgan fingerprint density at radius 2 is 1.73 bits per heavy atom. The number of aliphatic hydroxyl groups is 1. The Morgan fingerprint density at radius 3 is 2.38 bits per heavy atom. The third-order valence-corrected chi connectivity index (χ3v) is 6.91. The lowest BCUT2D eigenvalue weighted by Gasteiger charge is -2.30. The van der Waals surface area contributed by atoms with Crippen molar-refractivity contribution < 1.29 is 33.6 Å². The zero-order chi connectivity index (χ0) is 26.5. The molecule has 0 aliphatic carbocycles. The molecule has 198 valence electrons. The number of para-hydroxylation sites is 1. The standard InChI is InChI=1S/C28H34N2O7/c1-18-17-19(9-10-21(18)34-2)25(31)23-24(20-7-5-8-22(35-3)27(20)36-4)30(28(33)26(23)32)12-6-11-29-13-15-37-16-14-29/h5,7-10,17,24,31H,6,11-16H2,1-4H3/b25-23+/t24-/m0/s1. The van der Waals surface area contributed by atoms with Crippen LogP contribution in [0.4, 0.5) is 0 Å². The highest BCUT2D eigenvalue weighted by Crippen LogP contribution is 2.45. The summed E-state index contributed by atoms with van der Waals surface area (Å²) in [5, 5.41) is 11.4. The van der Waals surface area contributed by atoms with Crippen LogP contribution in [0.15, 0.2) is 42.0 Å². The van der Waals surface area contributed by atoms with Gasteiger partial charge >= 0.3 is 0 Å². The van der Waals surface area contributed by atoms with Crippen molar-refractivity contribution in [3.63, 3.8) is 0 Å². The average molecular weight is 511 g/mol. The molecule has 9 nitrogen and oxygen atoms in total. The largest absolute Gasteiger partial charge is 0.507 e. The molecule has 2 aromatic rings. The van der Waals surface area contributed by atoms with Crippen LogP contribution in [0.1, 0.15) is 29.2 Å². The van der Waals surface area contributed by atoms with E-state index in [9.17, 15) is 14.7 Å². The number of morpholine rings is 1. The molecule has 0 unspecified atom stereocenters. The van der Waals surface area contributed by atoms with Gasteiger partial charge in [0.05, 0.1) is 46.2 Å². The van der Waals surface area contributed by atoms with E-state index in [1.165, 1.54) is 19.1 Å². The molecule has 9 heteroatoms. The van der Waals surface area contributed by atoms with Crippen LogP contribution >= 0.6 is 0 Å². The summed E-state index contributed by atoms with van der Waals surface area (Å²) in [4.78, 5) is 30.6. The molecule has 0 bridgehead atoms. The Morgan fingerprint density at radius 1 is 1.00 bits per heavy atom. The summed E-state index contributed by atoms with van der Waals surface area (Å²) in [6, 6.07) is 9.62. The van der Waals surface area contributed by atoms with Crippen LogP contribution in [0.5, 0.6) is 17.2 Å². The second kappa shape index (κ2) is 11.7. The van der Waals surface area contributed by atoms with Gasteiger partial charge in [-0.3, -0.25) is 14.5 Å². The summed E-state index contributed by atoms with van der Waals surface area (Å²) >= 11 is 0. The predicted octanol–water partition coefficient (Wildman–Crippen LogP) is 3.16. The summed E-state index contributed by atoms with van der Waals surface area (Å²) in [5.41, 5.74) is 1.81. The summed E-state index contributed by atoms with van der Waals surface area (Å²) < 4.78 is 21.9. The number of likely N-dealkylation sites (tertiary alicyclic amines) is 1. The van der Waals surface area contributed by atoms with Gasteiger partial charge in [-0.2, -0.15) is 0 Å². The molecular formula is C28H34N2O7. The fourth-order valence-electron chi connectivity index (χ4n) is 5.03. The molecule has 2 aliphatic heterocycles. The van der Waals surface area contributed by atoms with Crippen LogP contribution in [-0.2, 0) is 14.3 Å². The first-order chi connectivity index (χ1) is 17.9. The first kappa shape index (κ1) is 26.5. The van der Waals surface area contributed by atoms with Crippen molar-refractivity contribution in [1.29, 1.82) is 0 Å². The number of hydrogen-bond acceptors (Lipinski definition) is 8. The van der Waals surface area contributed by atoms with Gasteiger partial charge in [0.25, 0.3) is 11.7 Å². The van der Waals surface area contributed by atoms with Crippen molar-refractivity contribution >= 4 is 17.4 Å². The summed E-state index contributed by atoms with van der Waals surface area (Å²) in [6.45, 7) is 6.00. The Kier molecular flexibility index (Phi) is 8.35. The first-order valence-electron chi connectivity index (χ1n) is 12.4. The van der Waals surface area contributed by atoms with Crippen LogP contribution in [0.25, 0.3) is 5.76 Å². The zero-order valence-electron chi connectivity index (χ0n) is 21.8. The number of ether oxygens (including phenoxy) is 4. The molecule has 1 N–H and O–H groups in total. The number of nitrogens with zero attached hydrogens (tertiary/aromatic N) is 2. The number of benzene rings is 2. The van der Waals surface area contributed by atoms with Crippen molar-refractivity contribution in [3.8, 4) is 17.2 Å². The molecule has 1 amide bonds. The van der Waals surface area contributed by atoms with Crippen LogP contribution in [0.3, 0.4) is 0 Å². The van der Waals surface area contributed by atoms with E-state index >= 15 is 0 Å². The molecule has 1 atom stereocenters. The summed E-state index contributed by atoms with van der Waals surface area (Å²) in [5.74, 6) is -0.0808. The van der Waals surface area contributed by atoms with Crippen molar-refractivity contribution in [2.75, 3.05) is 60.7 Å². The van der Waals surface area contributed by atoms with Gasteiger partial charge in [0.1, 0.15) is 11.5 Å². The van der Waals surface area contributed by atoms with E-state index in [2.05, 4.69) is 4.90 Å². The van der Waals surface area contributed by atoms with Gasteiger partial charge < -0.3 is 29.0 Å². The monoisotopic (exact) mass is 510 g/mol. The van der Waals surface area contributed by atoms with E-state index in [1.807, 2.05) is 6.92 Å². The fraction of sp³-hybridized carbons (Fsp3) is 0.429. The van der Waals surface area contributed by atoms with E-state index in [0.717, 1.165) is 25.2 Å². The normalized spacial score (nSPS) is 19.8. The molecule has 2 heterocycles. The lowest BCUT2D eigenvalue weighted by Crippen LogP contribution is -2.39. The van der Waals surface area contributed by atoms with Crippen LogP contribution < -0.4 is 14.2 Å². The number of hydrogen-bond donors (Lipinski definition) is 1. The van der Waals surface area contributed by atoms with E-state index < -0.39 is 17.7 Å². The maximum atomic E-state index is 13.4. The van der Waals surface area contributed by atoms with E-state index in [4.69, 9.17) is 18.9 Å². The highest BCUT2D eigenvalue weighted by Gasteiger charge is 2.47. The lowest BCUT2D eigenvalue weighted by atomic mass is 9.93. The van der Waals surface area contributed by atoms with E-state index in [1.54, 1.807) is 43.5 Å². The van der Waals surface area contributed by atoms with Gasteiger partial charge in [0, 0.05) is 37.3 Å². The minimum Gasteiger partial charge on any atom is -0.507 e. The number of Topliss-reactive ketones (excluding diaryl/α,β-unsaturated/α-hetero) is 1. The van der Waals surface area contributed by atoms with Gasteiger partial charge in [-0.15, -0.1) is 0 Å². The molecule has 0 radical (unpaired) electrons. The molecule has 2 saturated heterocycles. The molecule has 2 fully saturated rings. The molecule has 0 saturated carbocycles. The Hall–Kier alpha value is -3.56. The first-order valence-corrected chi connectivity index (χ1v) is 12.4. The van der Waals surface area contributed by atoms with Crippen molar-refractivity contribution in [2.24, 2.45) is 0 Å². The minimum absolute atomic E-state index is 0.0208. The maximum Gasteiger partial charge on any atom is 0.295 e. The van der Waals surface area contributed by atoms with Gasteiger partial charge in [-0.25, -0.2) is 0 Å². The van der Waals surface area contributed by atoms with Crippen molar-refractivity contribution in [2.45, 2.75) is 19.4 Å². The number of rotatable bonds is 9. The summed E-state index contributed by atoms with van der Waals surface area (Å²) in [7, 11) is 4.61. The molecule has 2 aromatic carbocycles. The molecule has 4 rings (SSSR count). The number of amides is 1. The highest BCUT2D eigenvalue weighted by molar-refractivity contribution is 6.46. The van der Waals surface area contributed by atoms with E-state index in [-0.39, 0.29) is 11.3 Å². The quantitative estimate of drug-likeness (QED) is 0.312. The smallest absolute Gasteiger partial charge is 0.295 e. The molecule has 0 aromatic heterocycles. The highest BCUT2D eigenvalue weighted by atomic mass is 16.5. The van der Waals surface area contributed by atoms with Gasteiger partial charge in [-0.05, 0) is 43.2 Å². The number of carbonyl (C=O) groups excluding carboxylic acids is 2. The molecule has 2 aliphatic rings. The lowest BCUT2D eigenvalue weighted by molar-refractivity contribution is -0.140. The maximum absolute atomic E-state index is 13.4. The van der Waals surface area contributed by atoms with Crippen LogP contribution in [0.2, 0.25) is 0 Å². The van der Waals surface area contributed by atoms with Crippen LogP contribution in [0, 0.1) is 6.92 Å². The number of aryl methyl sites for hydroxylation is 1. The zero-order valence-corrected chi connectivity index (χ0v) is 21.8. The molecule has 37 heavy (non-hydrogen) atoms. The summed E-state index contributed by atoms with van der Waals surface area (Å²) in [6.07, 6.45) is 0.664. The van der Waals surface area contributed by atoms with Gasteiger partial charge in [0.15, 0.2) is 11.5 Å². The second-order valence-corrected chi connectivity index (χ2v) is 9.07. The number of carbonyl (C=O) groups is 2. The van der Waals surface area contributed by atoms with Crippen molar-refractivity contribution in [1.82, 2.24) is 9.80 Å². The average Bonchev–Trinajstić information content (AvgIpc) is 3.17. The fourth-order valence-corrected chi connectivity index (χ4v) is 5.03. The number of aliphatic hydroxyl groups excluding tert-OH is 1. The Bertz CT molecular complexity index is 1190. The predicted molar refractivity (Wildman–Crippen MR) is 138 cm³/mol. The third-order valence-electron chi connectivity index (χ3n) is 6.91. The van der Waals surface area contributed by atoms with Gasteiger partial charge in [0.2, 0.25) is 0 Å². The second-order valence-electron chi connectivity index (χ2n) is 9.07.